The zero-order valence-electron chi connectivity index (χ0n) is 12.9. The first-order valence-electron chi connectivity index (χ1n) is 7.65. The number of nitrogens with zero attached hydrogens (tertiary/aromatic N) is 1. The molecule has 0 aliphatic carbocycles. The minimum absolute atomic E-state index is 0.162. The molecule has 1 saturated heterocycles. The van der Waals surface area contributed by atoms with Gasteiger partial charge in [0, 0.05) is 24.7 Å². The fourth-order valence-corrected chi connectivity index (χ4v) is 3.03. The molecule has 0 spiro atoms. The van der Waals surface area contributed by atoms with E-state index in [9.17, 15) is 0 Å². The fourth-order valence-electron chi connectivity index (χ4n) is 3.03. The second-order valence-corrected chi connectivity index (χ2v) is 5.98. The molecule has 1 fully saturated rings. The Balaban J connectivity index is 2.29. The summed E-state index contributed by atoms with van der Waals surface area (Å²) in [5.74, 6) is 2.98. The molecule has 3 unspecified atom stereocenters. The summed E-state index contributed by atoms with van der Waals surface area (Å²) in [5, 5.41) is 3.72. The van der Waals surface area contributed by atoms with E-state index in [-0.39, 0.29) is 11.6 Å². The summed E-state index contributed by atoms with van der Waals surface area (Å²) in [7, 11) is 0. The van der Waals surface area contributed by atoms with Crippen molar-refractivity contribution < 1.29 is 0 Å². The molecule has 2 nitrogen and oxygen atoms in total. The molecule has 0 amide bonds. The van der Waals surface area contributed by atoms with Gasteiger partial charge in [0.2, 0.25) is 0 Å². The lowest BCUT2D eigenvalue weighted by atomic mass is 9.89. The molecule has 2 heteroatoms. The number of hydrogen-bond donors (Lipinski definition) is 1. The van der Waals surface area contributed by atoms with Gasteiger partial charge < -0.3 is 5.32 Å². The van der Waals surface area contributed by atoms with Crippen LogP contribution in [0.15, 0.2) is 30.3 Å². The molecule has 3 atom stereocenters. The summed E-state index contributed by atoms with van der Waals surface area (Å²) >= 11 is 0. The van der Waals surface area contributed by atoms with Crippen molar-refractivity contribution in [3.05, 3.63) is 35.9 Å². The molecule has 0 bridgehead atoms. The van der Waals surface area contributed by atoms with Crippen LogP contribution < -0.4 is 5.32 Å². The average Bonchev–Trinajstić information content (AvgIpc) is 2.50. The van der Waals surface area contributed by atoms with Crippen LogP contribution >= 0.6 is 0 Å². The predicted octanol–water partition coefficient (Wildman–Crippen LogP) is 3.21. The molecule has 108 valence electrons. The van der Waals surface area contributed by atoms with E-state index in [4.69, 9.17) is 6.42 Å². The predicted molar refractivity (Wildman–Crippen MR) is 85.5 cm³/mol. The first kappa shape index (κ1) is 15.1. The third kappa shape index (κ3) is 3.06. The van der Waals surface area contributed by atoms with Crippen molar-refractivity contribution in [2.24, 2.45) is 0 Å². The molecule has 1 aliphatic rings. The molecule has 1 aromatic carbocycles. The number of benzene rings is 1. The third-order valence-electron chi connectivity index (χ3n) is 4.60. The maximum atomic E-state index is 5.77. The van der Waals surface area contributed by atoms with Crippen LogP contribution in [0, 0.1) is 12.3 Å². The molecule has 2 rings (SSSR count). The van der Waals surface area contributed by atoms with Gasteiger partial charge in [-0.3, -0.25) is 4.90 Å². The van der Waals surface area contributed by atoms with Crippen LogP contribution in [-0.4, -0.2) is 29.6 Å². The number of hydrogen-bond acceptors (Lipinski definition) is 2. The minimum Gasteiger partial charge on any atom is -0.308 e. The molecule has 1 aromatic rings. The Morgan fingerprint density at radius 3 is 2.65 bits per heavy atom. The van der Waals surface area contributed by atoms with Gasteiger partial charge in [0.15, 0.2) is 0 Å². The molecule has 20 heavy (non-hydrogen) atoms. The van der Waals surface area contributed by atoms with Crippen LogP contribution in [0.3, 0.4) is 0 Å². The highest BCUT2D eigenvalue weighted by atomic mass is 15.3. The Labute approximate surface area is 123 Å². The summed E-state index contributed by atoms with van der Waals surface area (Å²) in [6, 6.07) is 11.3. The lowest BCUT2D eigenvalue weighted by Gasteiger charge is -2.48. The van der Waals surface area contributed by atoms with Gasteiger partial charge in [0.25, 0.3) is 0 Å². The van der Waals surface area contributed by atoms with Gasteiger partial charge in [0.05, 0.1) is 6.04 Å². The van der Waals surface area contributed by atoms with Crippen LogP contribution in [0.2, 0.25) is 0 Å². The van der Waals surface area contributed by atoms with Crippen molar-refractivity contribution in [3.8, 4) is 12.3 Å². The average molecular weight is 270 g/mol. The summed E-state index contributed by atoms with van der Waals surface area (Å²) in [6.45, 7) is 8.69. The maximum Gasteiger partial charge on any atom is 0.0715 e. The van der Waals surface area contributed by atoms with E-state index in [1.165, 1.54) is 5.56 Å². The molecular weight excluding hydrogens is 244 g/mol. The summed E-state index contributed by atoms with van der Waals surface area (Å²) < 4.78 is 0. The van der Waals surface area contributed by atoms with E-state index >= 15 is 0 Å². The minimum atomic E-state index is 0.162. The van der Waals surface area contributed by atoms with Crippen molar-refractivity contribution >= 4 is 0 Å². The van der Waals surface area contributed by atoms with Crippen molar-refractivity contribution in [1.29, 1.82) is 0 Å². The Hall–Kier alpha value is -1.30. The molecule has 0 radical (unpaired) electrons. The summed E-state index contributed by atoms with van der Waals surface area (Å²) in [6.07, 6.45) is 7.89. The van der Waals surface area contributed by atoms with Crippen molar-refractivity contribution in [3.63, 3.8) is 0 Å². The second kappa shape index (κ2) is 6.43. The van der Waals surface area contributed by atoms with Crippen LogP contribution in [0.25, 0.3) is 0 Å². The molecule has 0 saturated carbocycles. The zero-order chi connectivity index (χ0) is 14.6. The van der Waals surface area contributed by atoms with Crippen molar-refractivity contribution in [1.82, 2.24) is 10.2 Å². The molecular formula is C18H26N2. The largest absolute Gasteiger partial charge is 0.308 e. The summed E-state index contributed by atoms with van der Waals surface area (Å²) in [4.78, 5) is 2.51. The molecule has 0 aromatic heterocycles. The van der Waals surface area contributed by atoms with Gasteiger partial charge in [-0.1, -0.05) is 50.1 Å². The van der Waals surface area contributed by atoms with Crippen molar-refractivity contribution in [2.75, 3.05) is 13.1 Å². The number of piperazine rings is 1. The van der Waals surface area contributed by atoms with Crippen LogP contribution in [0.1, 0.15) is 45.2 Å². The normalized spacial score (nSPS) is 28.8. The maximum absolute atomic E-state index is 5.77. The lowest BCUT2D eigenvalue weighted by molar-refractivity contribution is 0.0627. The Bertz CT molecular complexity index is 462. The van der Waals surface area contributed by atoms with Crippen LogP contribution in [-0.2, 0) is 0 Å². The molecule has 1 N–H and O–H groups in total. The fraction of sp³-hybridized carbons (Fsp3) is 0.556. The van der Waals surface area contributed by atoms with Gasteiger partial charge in [-0.15, -0.1) is 6.42 Å². The zero-order valence-corrected chi connectivity index (χ0v) is 12.9. The van der Waals surface area contributed by atoms with Crippen LogP contribution in [0.5, 0.6) is 0 Å². The highest BCUT2D eigenvalue weighted by Gasteiger charge is 2.37. The Morgan fingerprint density at radius 2 is 2.10 bits per heavy atom. The van der Waals surface area contributed by atoms with E-state index in [0.717, 1.165) is 25.9 Å². The van der Waals surface area contributed by atoms with E-state index in [0.29, 0.717) is 6.04 Å². The van der Waals surface area contributed by atoms with Crippen molar-refractivity contribution in [2.45, 2.75) is 51.2 Å². The lowest BCUT2D eigenvalue weighted by Crippen LogP contribution is -2.61. The van der Waals surface area contributed by atoms with Crippen LogP contribution in [0.4, 0.5) is 0 Å². The van der Waals surface area contributed by atoms with E-state index in [1.807, 2.05) is 0 Å². The first-order valence-corrected chi connectivity index (χ1v) is 7.65. The number of terminal acetylenes is 1. The molecule has 1 heterocycles. The van der Waals surface area contributed by atoms with Gasteiger partial charge >= 0.3 is 0 Å². The van der Waals surface area contributed by atoms with E-state index in [1.54, 1.807) is 0 Å². The highest BCUT2D eigenvalue weighted by molar-refractivity contribution is 5.22. The number of rotatable bonds is 4. The van der Waals surface area contributed by atoms with E-state index < -0.39 is 0 Å². The standard InChI is InChI=1S/C18H26N2/c1-5-16(6-2)20-14-18(4,7-3)19-13-17(20)15-11-9-8-10-12-15/h1,8-12,16-17,19H,6-7,13-14H2,2-4H3. The van der Waals surface area contributed by atoms with E-state index in [2.05, 4.69) is 67.2 Å². The SMILES string of the molecule is C#CC(CC)N1CC(C)(CC)NCC1c1ccccc1. The second-order valence-electron chi connectivity index (χ2n) is 5.98. The van der Waals surface area contributed by atoms with Gasteiger partial charge in [-0.2, -0.15) is 0 Å². The highest BCUT2D eigenvalue weighted by Crippen LogP contribution is 2.30. The Kier molecular flexibility index (Phi) is 4.86. The Morgan fingerprint density at radius 1 is 1.40 bits per heavy atom. The first-order chi connectivity index (χ1) is 9.63. The van der Waals surface area contributed by atoms with Gasteiger partial charge in [-0.05, 0) is 25.3 Å². The molecule has 1 aliphatic heterocycles. The quantitative estimate of drug-likeness (QED) is 0.845. The van der Waals surface area contributed by atoms with Gasteiger partial charge in [-0.25, -0.2) is 0 Å². The van der Waals surface area contributed by atoms with Gasteiger partial charge in [0.1, 0.15) is 0 Å². The summed E-state index contributed by atoms with van der Waals surface area (Å²) in [5.41, 5.74) is 1.52. The monoisotopic (exact) mass is 270 g/mol. The smallest absolute Gasteiger partial charge is 0.0715 e. The topological polar surface area (TPSA) is 15.3 Å². The third-order valence-corrected chi connectivity index (χ3v) is 4.60. The number of nitrogens with one attached hydrogen (secondary N) is 1.